The molecule has 4 aromatic carbocycles. The lowest BCUT2D eigenvalue weighted by atomic mass is 10.0. The molecule has 33 heavy (non-hydrogen) atoms. The maximum Gasteiger partial charge on any atom is 0.343 e. The highest BCUT2D eigenvalue weighted by Gasteiger charge is 2.12. The Labute approximate surface area is 204 Å². The molecule has 0 radical (unpaired) electrons. The van der Waals surface area contributed by atoms with E-state index in [0.717, 1.165) is 20.8 Å². The highest BCUT2D eigenvalue weighted by atomic mass is 79.9. The smallest absolute Gasteiger partial charge is 0.343 e. The molecule has 0 aliphatic carbocycles. The van der Waals surface area contributed by atoms with E-state index in [2.05, 4.69) is 26.5 Å². The van der Waals surface area contributed by atoms with Crippen LogP contribution in [0.15, 0.2) is 94.5 Å². The summed E-state index contributed by atoms with van der Waals surface area (Å²) in [5.74, 6) is -0.467. The molecule has 1 N–H and O–H groups in total. The molecule has 0 spiro atoms. The molecule has 1 amide bonds. The second kappa shape index (κ2) is 10.4. The number of carbonyl (C=O) groups is 2. The number of amides is 1. The van der Waals surface area contributed by atoms with Crippen LogP contribution in [0.1, 0.15) is 21.5 Å². The Morgan fingerprint density at radius 1 is 0.970 bits per heavy atom. The van der Waals surface area contributed by atoms with Crippen molar-refractivity contribution in [3.05, 3.63) is 111 Å². The molecule has 0 aliphatic rings. The predicted octanol–water partition coefficient (Wildman–Crippen LogP) is 6.17. The second-order valence-corrected chi connectivity index (χ2v) is 8.54. The van der Waals surface area contributed by atoms with Crippen molar-refractivity contribution in [2.75, 3.05) is 0 Å². The lowest BCUT2D eigenvalue weighted by Gasteiger charge is -2.08. The second-order valence-electron chi connectivity index (χ2n) is 7.19. The first-order valence-corrected chi connectivity index (χ1v) is 11.2. The Hall–Kier alpha value is -3.48. The van der Waals surface area contributed by atoms with Crippen LogP contribution in [-0.2, 0) is 11.2 Å². The third kappa shape index (κ3) is 5.86. The van der Waals surface area contributed by atoms with Gasteiger partial charge in [0.25, 0.3) is 0 Å². The number of carbonyl (C=O) groups excluding carboxylic acids is 2. The van der Waals surface area contributed by atoms with Gasteiger partial charge >= 0.3 is 5.97 Å². The van der Waals surface area contributed by atoms with E-state index in [1.807, 2.05) is 42.5 Å². The van der Waals surface area contributed by atoms with Crippen LogP contribution < -0.4 is 10.2 Å². The largest absolute Gasteiger partial charge is 0.422 e. The van der Waals surface area contributed by atoms with E-state index >= 15 is 0 Å². The van der Waals surface area contributed by atoms with E-state index in [0.29, 0.717) is 21.9 Å². The van der Waals surface area contributed by atoms with Crippen molar-refractivity contribution in [2.24, 2.45) is 5.10 Å². The predicted molar refractivity (Wildman–Crippen MR) is 134 cm³/mol. The SMILES string of the molecule is O=C(Cc1cccc2ccccc12)NN=Cc1cc(Br)ccc1OC(=O)c1ccc(Cl)cc1. The fraction of sp³-hybridized carbons (Fsp3) is 0.0385. The van der Waals surface area contributed by atoms with Gasteiger partial charge in [-0.1, -0.05) is 70.0 Å². The summed E-state index contributed by atoms with van der Waals surface area (Å²) in [5, 5.41) is 6.69. The Morgan fingerprint density at radius 3 is 2.55 bits per heavy atom. The van der Waals surface area contributed by atoms with E-state index in [4.69, 9.17) is 16.3 Å². The summed E-state index contributed by atoms with van der Waals surface area (Å²) in [6, 6.07) is 25.3. The number of esters is 1. The molecular weight excluding hydrogens is 504 g/mol. The minimum absolute atomic E-state index is 0.190. The summed E-state index contributed by atoms with van der Waals surface area (Å²) in [6.07, 6.45) is 1.63. The number of hydrogen-bond donors (Lipinski definition) is 1. The quantitative estimate of drug-likeness (QED) is 0.143. The molecule has 5 nitrogen and oxygen atoms in total. The molecule has 4 rings (SSSR count). The summed E-state index contributed by atoms with van der Waals surface area (Å²) >= 11 is 9.27. The van der Waals surface area contributed by atoms with Crippen LogP contribution in [0.5, 0.6) is 5.75 Å². The number of rotatable bonds is 6. The Kier molecular flexibility index (Phi) is 7.17. The number of nitrogens with one attached hydrogen (secondary N) is 1. The van der Waals surface area contributed by atoms with E-state index in [1.54, 1.807) is 42.5 Å². The molecule has 0 bridgehead atoms. The number of hydrazone groups is 1. The molecule has 0 saturated heterocycles. The van der Waals surface area contributed by atoms with Crippen LogP contribution in [-0.4, -0.2) is 18.1 Å². The summed E-state index contributed by atoms with van der Waals surface area (Å²) in [4.78, 5) is 24.9. The van der Waals surface area contributed by atoms with Gasteiger partial charge in [0.2, 0.25) is 5.91 Å². The highest BCUT2D eigenvalue weighted by Crippen LogP contribution is 2.23. The molecule has 0 atom stereocenters. The molecule has 0 saturated carbocycles. The minimum atomic E-state index is -0.524. The number of ether oxygens (including phenoxy) is 1. The van der Waals surface area contributed by atoms with Crippen molar-refractivity contribution in [3.63, 3.8) is 0 Å². The van der Waals surface area contributed by atoms with Crippen molar-refractivity contribution in [3.8, 4) is 5.75 Å². The highest BCUT2D eigenvalue weighted by molar-refractivity contribution is 9.10. The zero-order valence-corrected chi connectivity index (χ0v) is 19.6. The maximum absolute atomic E-state index is 12.5. The van der Waals surface area contributed by atoms with E-state index in [1.165, 1.54) is 6.21 Å². The number of fused-ring (bicyclic) bond motifs is 1. The van der Waals surface area contributed by atoms with Crippen LogP contribution >= 0.6 is 27.5 Å². The molecule has 0 unspecified atom stereocenters. The molecule has 0 aromatic heterocycles. The lowest BCUT2D eigenvalue weighted by Crippen LogP contribution is -2.20. The van der Waals surface area contributed by atoms with Gasteiger partial charge in [0.15, 0.2) is 0 Å². The summed E-state index contributed by atoms with van der Waals surface area (Å²) in [7, 11) is 0. The first kappa shape index (κ1) is 22.7. The van der Waals surface area contributed by atoms with Gasteiger partial charge < -0.3 is 4.74 Å². The first-order chi connectivity index (χ1) is 16.0. The molecule has 7 heteroatoms. The van der Waals surface area contributed by atoms with Crippen molar-refractivity contribution in [1.29, 1.82) is 0 Å². The average molecular weight is 522 g/mol. The van der Waals surface area contributed by atoms with E-state index < -0.39 is 5.97 Å². The Balaban J connectivity index is 1.45. The molecule has 0 fully saturated rings. The number of nitrogens with zero attached hydrogens (tertiary/aromatic N) is 1. The van der Waals surface area contributed by atoms with Gasteiger partial charge in [-0.15, -0.1) is 0 Å². The number of hydrogen-bond acceptors (Lipinski definition) is 4. The minimum Gasteiger partial charge on any atom is -0.422 e. The zero-order valence-electron chi connectivity index (χ0n) is 17.3. The monoisotopic (exact) mass is 520 g/mol. The van der Waals surface area contributed by atoms with Gasteiger partial charge in [-0.05, 0) is 58.8 Å². The van der Waals surface area contributed by atoms with Gasteiger partial charge in [0.05, 0.1) is 18.2 Å². The van der Waals surface area contributed by atoms with E-state index in [-0.39, 0.29) is 12.3 Å². The van der Waals surface area contributed by atoms with Crippen LogP contribution in [0, 0.1) is 0 Å². The van der Waals surface area contributed by atoms with Crippen LogP contribution in [0.25, 0.3) is 10.8 Å². The van der Waals surface area contributed by atoms with Crippen molar-refractivity contribution >= 4 is 56.4 Å². The third-order valence-corrected chi connectivity index (χ3v) is 5.62. The fourth-order valence-corrected chi connectivity index (χ4v) is 3.80. The zero-order chi connectivity index (χ0) is 23.2. The third-order valence-electron chi connectivity index (χ3n) is 4.88. The normalized spacial score (nSPS) is 11.0. The van der Waals surface area contributed by atoms with Crippen molar-refractivity contribution < 1.29 is 14.3 Å². The van der Waals surface area contributed by atoms with Gasteiger partial charge in [0.1, 0.15) is 5.75 Å². The maximum atomic E-state index is 12.5. The molecule has 0 heterocycles. The van der Waals surface area contributed by atoms with Crippen LogP contribution in [0.2, 0.25) is 5.02 Å². The summed E-state index contributed by atoms with van der Waals surface area (Å²) in [6.45, 7) is 0. The van der Waals surface area contributed by atoms with Crippen molar-refractivity contribution in [1.82, 2.24) is 5.43 Å². The molecule has 4 aromatic rings. The first-order valence-electron chi connectivity index (χ1n) is 10.1. The number of halogens is 2. The summed E-state index contributed by atoms with van der Waals surface area (Å²) < 4.78 is 6.30. The fourth-order valence-electron chi connectivity index (χ4n) is 3.29. The Morgan fingerprint density at radius 2 is 1.73 bits per heavy atom. The van der Waals surface area contributed by atoms with Gasteiger partial charge in [-0.25, -0.2) is 10.2 Å². The van der Waals surface area contributed by atoms with Crippen molar-refractivity contribution in [2.45, 2.75) is 6.42 Å². The van der Waals surface area contributed by atoms with Gasteiger partial charge in [0, 0.05) is 15.1 Å². The van der Waals surface area contributed by atoms with Gasteiger partial charge in [-0.2, -0.15) is 5.10 Å². The average Bonchev–Trinajstić information content (AvgIpc) is 2.81. The molecular formula is C26H18BrClN2O3. The molecule has 164 valence electrons. The standard InChI is InChI=1S/C26H18BrClN2O3/c27-21-10-13-24(33-26(32)18-8-11-22(28)12-9-18)20(14-21)16-29-30-25(31)15-19-6-3-5-17-4-1-2-7-23(17)19/h1-14,16H,15H2,(H,30,31). The van der Waals surface area contributed by atoms with E-state index in [9.17, 15) is 9.59 Å². The Bertz CT molecular complexity index is 1350. The summed E-state index contributed by atoms with van der Waals surface area (Å²) in [5.41, 5.74) is 4.35. The lowest BCUT2D eigenvalue weighted by molar-refractivity contribution is -0.120. The topological polar surface area (TPSA) is 67.8 Å². The van der Waals surface area contributed by atoms with Crippen LogP contribution in [0.4, 0.5) is 0 Å². The molecule has 0 aliphatic heterocycles. The number of benzene rings is 4. The van der Waals surface area contributed by atoms with Gasteiger partial charge in [-0.3, -0.25) is 4.79 Å². The van der Waals surface area contributed by atoms with Crippen LogP contribution in [0.3, 0.4) is 0 Å².